The average Bonchev–Trinajstić information content (AvgIpc) is 3.58. The van der Waals surface area contributed by atoms with Crippen molar-refractivity contribution in [1.82, 2.24) is 0 Å². The van der Waals surface area contributed by atoms with Crippen molar-refractivity contribution in [1.29, 1.82) is 0 Å². The highest BCUT2D eigenvalue weighted by Crippen LogP contribution is 2.44. The van der Waals surface area contributed by atoms with Crippen LogP contribution in [0.15, 0.2) is 103 Å². The Morgan fingerprint density at radius 3 is 1.78 bits per heavy atom. The maximum absolute atomic E-state index is 4.02. The zero-order chi connectivity index (χ0) is 32.3. The van der Waals surface area contributed by atoms with E-state index in [1.807, 2.05) is 0 Å². The molecule has 0 nitrogen and oxygen atoms in total. The van der Waals surface area contributed by atoms with Crippen molar-refractivity contribution in [2.75, 3.05) is 0 Å². The Kier molecular flexibility index (Phi) is 7.72. The summed E-state index contributed by atoms with van der Waals surface area (Å²) in [4.78, 5) is 0. The van der Waals surface area contributed by atoms with E-state index >= 15 is 0 Å². The third-order valence-electron chi connectivity index (χ3n) is 9.59. The minimum atomic E-state index is -0.120. The van der Waals surface area contributed by atoms with Gasteiger partial charge in [-0.05, 0) is 113 Å². The predicted molar refractivity (Wildman–Crippen MR) is 195 cm³/mol. The fourth-order valence-corrected chi connectivity index (χ4v) is 7.15. The number of hydrogen-bond acceptors (Lipinski definition) is 0. The van der Waals surface area contributed by atoms with E-state index in [4.69, 9.17) is 0 Å². The molecule has 1 radical (unpaired) electrons. The minimum absolute atomic E-state index is 0.0738. The van der Waals surface area contributed by atoms with Crippen LogP contribution in [0.1, 0.15) is 109 Å². The van der Waals surface area contributed by atoms with Crippen molar-refractivity contribution < 1.29 is 0 Å². The first kappa shape index (κ1) is 31.1. The van der Waals surface area contributed by atoms with E-state index in [2.05, 4.69) is 172 Å². The molecule has 0 bridgehead atoms. The fourth-order valence-electron chi connectivity index (χ4n) is 7.15. The van der Waals surface area contributed by atoms with Crippen LogP contribution in [0.25, 0.3) is 28.3 Å². The van der Waals surface area contributed by atoms with Crippen LogP contribution in [-0.2, 0) is 10.8 Å². The van der Waals surface area contributed by atoms with E-state index < -0.39 is 0 Å². The van der Waals surface area contributed by atoms with Gasteiger partial charge in [-0.1, -0.05) is 154 Å². The van der Waals surface area contributed by atoms with E-state index in [1.54, 1.807) is 0 Å². The summed E-state index contributed by atoms with van der Waals surface area (Å²) < 4.78 is 0. The number of rotatable bonds is 4. The molecule has 0 amide bonds. The van der Waals surface area contributed by atoms with Crippen molar-refractivity contribution >= 4 is 17.2 Å². The molecule has 0 saturated carbocycles. The van der Waals surface area contributed by atoms with E-state index in [1.165, 1.54) is 71.7 Å². The molecular formula is C45H49. The van der Waals surface area contributed by atoms with Gasteiger partial charge in [0.25, 0.3) is 0 Å². The largest absolute Gasteiger partial charge is 0.0732 e. The van der Waals surface area contributed by atoms with Gasteiger partial charge < -0.3 is 0 Å². The van der Waals surface area contributed by atoms with Crippen LogP contribution in [0.5, 0.6) is 0 Å². The van der Waals surface area contributed by atoms with Crippen LogP contribution < -0.4 is 10.4 Å². The first-order valence-electron chi connectivity index (χ1n) is 16.7. The molecule has 4 aromatic rings. The van der Waals surface area contributed by atoms with Crippen molar-refractivity contribution in [3.8, 4) is 11.1 Å². The second kappa shape index (κ2) is 11.2. The van der Waals surface area contributed by atoms with Gasteiger partial charge in [-0.2, -0.15) is 0 Å². The van der Waals surface area contributed by atoms with E-state index in [9.17, 15) is 0 Å². The molecule has 2 aliphatic carbocycles. The van der Waals surface area contributed by atoms with Gasteiger partial charge in [0.15, 0.2) is 0 Å². The molecule has 0 heterocycles. The molecule has 0 aromatic heterocycles. The molecule has 4 aromatic carbocycles. The van der Waals surface area contributed by atoms with Gasteiger partial charge >= 0.3 is 0 Å². The van der Waals surface area contributed by atoms with Gasteiger partial charge in [-0.3, -0.25) is 0 Å². The normalized spacial score (nSPS) is 16.1. The fraction of sp³-hybridized carbons (Fsp3) is 0.333. The molecule has 2 aliphatic rings. The summed E-state index contributed by atoms with van der Waals surface area (Å²) in [6.45, 7) is 23.4. The van der Waals surface area contributed by atoms with Crippen molar-refractivity contribution in [2.45, 2.75) is 86.5 Å². The van der Waals surface area contributed by atoms with Crippen LogP contribution in [0, 0.1) is 11.3 Å². The summed E-state index contributed by atoms with van der Waals surface area (Å²) in [5.74, 6) is 0.368. The topological polar surface area (TPSA) is 0 Å². The first-order valence-corrected chi connectivity index (χ1v) is 16.7. The maximum atomic E-state index is 4.02. The Bertz CT molecular complexity index is 1900. The Balaban J connectivity index is 1.84. The van der Waals surface area contributed by atoms with Crippen molar-refractivity contribution in [3.05, 3.63) is 146 Å². The zero-order valence-corrected chi connectivity index (χ0v) is 29.0. The lowest BCUT2D eigenvalue weighted by atomic mass is 9.75. The smallest absolute Gasteiger partial charge is 0.00277 e. The van der Waals surface area contributed by atoms with E-state index in [-0.39, 0.29) is 16.2 Å². The molecule has 6 rings (SSSR count). The highest BCUT2D eigenvalue weighted by Gasteiger charge is 2.33. The Morgan fingerprint density at radius 1 is 0.667 bits per heavy atom. The molecule has 229 valence electrons. The van der Waals surface area contributed by atoms with Gasteiger partial charge in [-0.25, -0.2) is 0 Å². The predicted octanol–water partition coefficient (Wildman–Crippen LogP) is 10.6. The summed E-state index contributed by atoms with van der Waals surface area (Å²) >= 11 is 0. The summed E-state index contributed by atoms with van der Waals surface area (Å²) in [7, 11) is 0. The van der Waals surface area contributed by atoms with Crippen molar-refractivity contribution in [3.63, 3.8) is 0 Å². The van der Waals surface area contributed by atoms with Crippen LogP contribution in [0.4, 0.5) is 0 Å². The second-order valence-corrected chi connectivity index (χ2v) is 16.1. The van der Waals surface area contributed by atoms with Crippen LogP contribution in [-0.4, -0.2) is 0 Å². The number of benzene rings is 4. The summed E-state index contributed by atoms with van der Waals surface area (Å²) in [5, 5.41) is 2.58. The van der Waals surface area contributed by atoms with E-state index in [0.29, 0.717) is 5.92 Å². The molecule has 1 unspecified atom stereocenters. The summed E-state index contributed by atoms with van der Waals surface area (Å²) in [6.07, 6.45) is 10.2. The van der Waals surface area contributed by atoms with Gasteiger partial charge in [0.1, 0.15) is 0 Å². The lowest BCUT2D eigenvalue weighted by Crippen LogP contribution is -2.33. The molecule has 45 heavy (non-hydrogen) atoms. The third kappa shape index (κ3) is 5.69. The lowest BCUT2D eigenvalue weighted by Gasteiger charge is -2.29. The lowest BCUT2D eigenvalue weighted by molar-refractivity contribution is 0.516. The zero-order valence-electron chi connectivity index (χ0n) is 29.0. The molecule has 0 N–H and O–H groups in total. The summed E-state index contributed by atoms with van der Waals surface area (Å²) in [6, 6.07) is 31.5. The molecule has 0 spiro atoms. The van der Waals surface area contributed by atoms with Gasteiger partial charge in [0.2, 0.25) is 0 Å². The van der Waals surface area contributed by atoms with Crippen LogP contribution >= 0.6 is 0 Å². The number of hydrogen-bond donors (Lipinski definition) is 0. The first-order chi connectivity index (χ1) is 21.2. The van der Waals surface area contributed by atoms with Crippen LogP contribution in [0.3, 0.4) is 0 Å². The van der Waals surface area contributed by atoms with Crippen molar-refractivity contribution in [2.24, 2.45) is 11.3 Å². The SMILES string of the molecule is CCC1C=C(C(C)(C)C)C=C1c1c(C(C)(C)C)c(=C(c2ccccc2)c2ccccc2)cc2c1=[C]c1cc(C(C)(C)C)ccc1-2. The third-order valence-corrected chi connectivity index (χ3v) is 9.59. The second-order valence-electron chi connectivity index (χ2n) is 16.1. The maximum Gasteiger partial charge on any atom is 0.00277 e. The van der Waals surface area contributed by atoms with Gasteiger partial charge in [0.05, 0.1) is 0 Å². The number of allylic oxidation sites excluding steroid dienone is 4. The average molecular weight is 590 g/mol. The Hall–Kier alpha value is -3.90. The highest BCUT2D eigenvalue weighted by molar-refractivity contribution is 5.92. The Morgan fingerprint density at radius 2 is 1.27 bits per heavy atom. The molecule has 0 saturated heterocycles. The molecule has 1 atom stereocenters. The molecule has 0 fully saturated rings. The molecular weight excluding hydrogens is 540 g/mol. The summed E-state index contributed by atoms with van der Waals surface area (Å²) in [5.41, 5.74) is 14.7. The monoisotopic (exact) mass is 589 g/mol. The standard InChI is InChI=1S/C45H49/c1-11-29-24-34(44(5,6)7)27-36(29)41-38-26-32-25-33(43(2,3)4)22-23-35(32)37(38)28-39(42(41)45(8,9)10)40(30-18-14-12-15-19-30)31-20-16-13-17-21-31/h12-25,27-29H,11H2,1-10H3. The van der Waals surface area contributed by atoms with Gasteiger partial charge in [-0.15, -0.1) is 0 Å². The minimum Gasteiger partial charge on any atom is -0.0732 e. The molecule has 0 aliphatic heterocycles. The quantitative estimate of drug-likeness (QED) is 0.196. The molecule has 0 heteroatoms. The van der Waals surface area contributed by atoms with Gasteiger partial charge in [0, 0.05) is 5.92 Å². The highest BCUT2D eigenvalue weighted by atomic mass is 14.4. The van der Waals surface area contributed by atoms with Crippen LogP contribution in [0.2, 0.25) is 0 Å². The Labute approximate surface area is 271 Å². The number of fused-ring (bicyclic) bond motifs is 3. The van der Waals surface area contributed by atoms with E-state index in [0.717, 1.165) is 6.42 Å².